The van der Waals surface area contributed by atoms with E-state index in [4.69, 9.17) is 5.11 Å². The highest BCUT2D eigenvalue weighted by Crippen LogP contribution is 2.18. The normalized spacial score (nSPS) is 11.1. The maximum absolute atomic E-state index is 10.4. The number of aryl methyl sites for hydroxylation is 1. The third-order valence-electron chi connectivity index (χ3n) is 2.40. The van der Waals surface area contributed by atoms with Crippen molar-refractivity contribution in [2.45, 2.75) is 6.92 Å². The van der Waals surface area contributed by atoms with Crippen LogP contribution in [0.3, 0.4) is 0 Å². The van der Waals surface area contributed by atoms with E-state index in [1.165, 1.54) is 0 Å². The number of nitrogens with zero attached hydrogens (tertiary/aromatic N) is 1. The van der Waals surface area contributed by atoms with Gasteiger partial charge in [-0.25, -0.2) is 4.79 Å². The van der Waals surface area contributed by atoms with Crippen LogP contribution < -0.4 is 0 Å². The molecule has 0 aliphatic heterocycles. The number of aliphatic carboxylic acids is 1. The fourth-order valence-electron chi connectivity index (χ4n) is 1.57. The highest BCUT2D eigenvalue weighted by Gasteiger charge is 1.98. The number of carboxylic acids is 1. The lowest BCUT2D eigenvalue weighted by Crippen LogP contribution is -1.87. The summed E-state index contributed by atoms with van der Waals surface area (Å²) in [6, 6.07) is 7.63. The van der Waals surface area contributed by atoms with E-state index in [2.05, 4.69) is 4.98 Å². The zero-order valence-electron chi connectivity index (χ0n) is 8.84. The highest BCUT2D eigenvalue weighted by molar-refractivity contribution is 5.88. The van der Waals surface area contributed by atoms with Crippen molar-refractivity contribution in [1.82, 2.24) is 4.98 Å². The van der Waals surface area contributed by atoms with E-state index >= 15 is 0 Å². The Kier molecular flexibility index (Phi) is 2.68. The molecule has 80 valence electrons. The average molecular weight is 213 g/mol. The Morgan fingerprint density at radius 1 is 1.38 bits per heavy atom. The van der Waals surface area contributed by atoms with Crippen LogP contribution in [0.25, 0.3) is 17.0 Å². The molecule has 0 aliphatic carbocycles. The van der Waals surface area contributed by atoms with Gasteiger partial charge in [0.1, 0.15) is 0 Å². The number of carbonyl (C=O) groups is 1. The third kappa shape index (κ3) is 2.08. The molecule has 3 nitrogen and oxygen atoms in total. The van der Waals surface area contributed by atoms with Gasteiger partial charge in [0, 0.05) is 17.7 Å². The molecule has 0 saturated heterocycles. The number of fused-ring (bicyclic) bond motifs is 1. The Balaban J connectivity index is 2.51. The van der Waals surface area contributed by atoms with Crippen molar-refractivity contribution >= 4 is 22.9 Å². The summed E-state index contributed by atoms with van der Waals surface area (Å²) in [6.45, 7) is 2.01. The summed E-state index contributed by atoms with van der Waals surface area (Å²) in [5.41, 5.74) is 2.93. The minimum atomic E-state index is -0.942. The van der Waals surface area contributed by atoms with Crippen LogP contribution in [-0.4, -0.2) is 16.1 Å². The SMILES string of the molecule is Cc1ccnc2ccc(/C=C/C(=O)O)cc12. The van der Waals surface area contributed by atoms with E-state index in [0.717, 1.165) is 28.1 Å². The highest BCUT2D eigenvalue weighted by atomic mass is 16.4. The second kappa shape index (κ2) is 4.14. The fraction of sp³-hybridized carbons (Fsp3) is 0.0769. The van der Waals surface area contributed by atoms with Crippen molar-refractivity contribution in [1.29, 1.82) is 0 Å². The minimum absolute atomic E-state index is 0.867. The minimum Gasteiger partial charge on any atom is -0.478 e. The van der Waals surface area contributed by atoms with Crippen LogP contribution in [0.4, 0.5) is 0 Å². The first-order valence-corrected chi connectivity index (χ1v) is 4.93. The first kappa shape index (κ1) is 10.4. The summed E-state index contributed by atoms with van der Waals surface area (Å²) in [5, 5.41) is 9.59. The smallest absolute Gasteiger partial charge is 0.328 e. The number of aromatic nitrogens is 1. The molecule has 0 aliphatic rings. The van der Waals surface area contributed by atoms with Gasteiger partial charge in [0.25, 0.3) is 0 Å². The Morgan fingerprint density at radius 3 is 2.94 bits per heavy atom. The van der Waals surface area contributed by atoms with Crippen LogP contribution in [-0.2, 0) is 4.79 Å². The third-order valence-corrected chi connectivity index (χ3v) is 2.40. The maximum atomic E-state index is 10.4. The molecule has 0 radical (unpaired) electrons. The molecule has 1 heterocycles. The van der Waals surface area contributed by atoms with E-state index in [1.807, 2.05) is 31.2 Å². The summed E-state index contributed by atoms with van der Waals surface area (Å²) >= 11 is 0. The van der Waals surface area contributed by atoms with E-state index in [0.29, 0.717) is 0 Å². The van der Waals surface area contributed by atoms with Crippen molar-refractivity contribution in [3.63, 3.8) is 0 Å². The molecule has 3 heteroatoms. The van der Waals surface area contributed by atoms with E-state index in [1.54, 1.807) is 12.3 Å². The van der Waals surface area contributed by atoms with Crippen LogP contribution in [0.1, 0.15) is 11.1 Å². The van der Waals surface area contributed by atoms with Crippen molar-refractivity contribution < 1.29 is 9.90 Å². The largest absolute Gasteiger partial charge is 0.478 e. The first-order chi connectivity index (χ1) is 7.66. The Morgan fingerprint density at radius 2 is 2.19 bits per heavy atom. The molecule has 0 amide bonds. The van der Waals surface area contributed by atoms with Gasteiger partial charge in [-0.05, 0) is 42.3 Å². The van der Waals surface area contributed by atoms with E-state index < -0.39 is 5.97 Å². The zero-order valence-corrected chi connectivity index (χ0v) is 8.84. The lowest BCUT2D eigenvalue weighted by Gasteiger charge is -2.01. The number of hydrogen-bond donors (Lipinski definition) is 1. The van der Waals surface area contributed by atoms with Gasteiger partial charge in [0.05, 0.1) is 5.52 Å². The number of pyridine rings is 1. The maximum Gasteiger partial charge on any atom is 0.328 e. The summed E-state index contributed by atoms with van der Waals surface area (Å²) in [4.78, 5) is 14.6. The van der Waals surface area contributed by atoms with Crippen LogP contribution in [0.15, 0.2) is 36.5 Å². The average Bonchev–Trinajstić information content (AvgIpc) is 2.27. The predicted molar refractivity (Wildman–Crippen MR) is 63.1 cm³/mol. The molecular weight excluding hydrogens is 202 g/mol. The summed E-state index contributed by atoms with van der Waals surface area (Å²) < 4.78 is 0. The van der Waals surface area contributed by atoms with E-state index in [-0.39, 0.29) is 0 Å². The Hall–Kier alpha value is -2.16. The molecule has 1 N–H and O–H groups in total. The lowest BCUT2D eigenvalue weighted by atomic mass is 10.1. The number of carboxylic acid groups (broad SMARTS) is 1. The second-order valence-corrected chi connectivity index (χ2v) is 3.58. The van der Waals surface area contributed by atoms with Crippen molar-refractivity contribution in [3.05, 3.63) is 47.7 Å². The molecule has 0 fully saturated rings. The molecule has 0 atom stereocenters. The van der Waals surface area contributed by atoms with Crippen LogP contribution in [0.2, 0.25) is 0 Å². The van der Waals surface area contributed by atoms with Crippen molar-refractivity contribution in [3.8, 4) is 0 Å². The number of benzene rings is 1. The molecule has 1 aromatic heterocycles. The number of rotatable bonds is 2. The van der Waals surface area contributed by atoms with Gasteiger partial charge in [0.2, 0.25) is 0 Å². The van der Waals surface area contributed by atoms with Crippen molar-refractivity contribution in [2.24, 2.45) is 0 Å². The molecule has 0 saturated carbocycles. The molecular formula is C13H11NO2. The fourth-order valence-corrected chi connectivity index (χ4v) is 1.57. The molecule has 0 spiro atoms. The van der Waals surface area contributed by atoms with Crippen LogP contribution in [0.5, 0.6) is 0 Å². The first-order valence-electron chi connectivity index (χ1n) is 4.93. The van der Waals surface area contributed by atoms with Gasteiger partial charge in [0.15, 0.2) is 0 Å². The van der Waals surface area contributed by atoms with Crippen molar-refractivity contribution in [2.75, 3.05) is 0 Å². The van der Waals surface area contributed by atoms with Crippen LogP contribution in [0, 0.1) is 6.92 Å². The zero-order chi connectivity index (χ0) is 11.5. The summed E-state index contributed by atoms with van der Waals surface area (Å²) in [6.07, 6.45) is 4.48. The summed E-state index contributed by atoms with van der Waals surface area (Å²) in [7, 11) is 0. The van der Waals surface area contributed by atoms with Crippen LogP contribution >= 0.6 is 0 Å². The number of hydrogen-bond acceptors (Lipinski definition) is 2. The predicted octanol–water partition coefficient (Wildman–Crippen LogP) is 2.64. The topological polar surface area (TPSA) is 50.2 Å². The van der Waals surface area contributed by atoms with Gasteiger partial charge in [-0.1, -0.05) is 6.07 Å². The van der Waals surface area contributed by atoms with Gasteiger partial charge in [-0.15, -0.1) is 0 Å². The van der Waals surface area contributed by atoms with Gasteiger partial charge in [-0.2, -0.15) is 0 Å². The molecule has 16 heavy (non-hydrogen) atoms. The molecule has 1 aromatic carbocycles. The Labute approximate surface area is 93.1 Å². The van der Waals surface area contributed by atoms with Gasteiger partial charge < -0.3 is 5.11 Å². The monoisotopic (exact) mass is 213 g/mol. The quantitative estimate of drug-likeness (QED) is 0.780. The standard InChI is InChI=1S/C13H11NO2/c1-9-6-7-14-12-4-2-10(8-11(9)12)3-5-13(15)16/h2-8H,1H3,(H,15,16)/b5-3+. The Bertz CT molecular complexity index is 573. The van der Waals surface area contributed by atoms with Gasteiger partial charge >= 0.3 is 5.97 Å². The summed E-state index contributed by atoms with van der Waals surface area (Å²) in [5.74, 6) is -0.942. The molecule has 0 unspecified atom stereocenters. The molecule has 0 bridgehead atoms. The molecule has 2 aromatic rings. The van der Waals surface area contributed by atoms with E-state index in [9.17, 15) is 4.79 Å². The molecule has 2 rings (SSSR count). The lowest BCUT2D eigenvalue weighted by molar-refractivity contribution is -0.131. The van der Waals surface area contributed by atoms with Gasteiger partial charge in [-0.3, -0.25) is 4.98 Å². The second-order valence-electron chi connectivity index (χ2n) is 3.58.